The highest BCUT2D eigenvalue weighted by molar-refractivity contribution is 6.11. The summed E-state index contributed by atoms with van der Waals surface area (Å²) in [5.41, 5.74) is 20.1. The number of rotatable bonds is 8. The van der Waals surface area contributed by atoms with Crippen LogP contribution in [0.1, 0.15) is 52.5 Å². The monoisotopic (exact) mass is 723 g/mol. The molecule has 56 heavy (non-hydrogen) atoms. The summed E-state index contributed by atoms with van der Waals surface area (Å²) in [6, 6.07) is 62.9. The summed E-state index contributed by atoms with van der Waals surface area (Å²) < 4.78 is 6.44. The molecule has 0 fully saturated rings. The van der Waals surface area contributed by atoms with E-state index in [0.29, 0.717) is 11.7 Å². The van der Waals surface area contributed by atoms with Crippen LogP contribution in [0.15, 0.2) is 202 Å². The number of amidine groups is 2. The van der Waals surface area contributed by atoms with Crippen LogP contribution in [0, 0.1) is 0 Å². The maximum atomic E-state index is 6.75. The van der Waals surface area contributed by atoms with E-state index in [9.17, 15) is 0 Å². The number of aliphatic imine (C=N–C) groups is 2. The van der Waals surface area contributed by atoms with Crippen molar-refractivity contribution in [1.82, 2.24) is 0 Å². The van der Waals surface area contributed by atoms with E-state index in [2.05, 4.69) is 153 Å². The Hall–Kier alpha value is -7.04. The molecule has 7 aromatic carbocycles. The van der Waals surface area contributed by atoms with Gasteiger partial charge in [0.1, 0.15) is 17.2 Å². The van der Waals surface area contributed by atoms with E-state index in [1.54, 1.807) is 0 Å². The standard InChI is InChI=1S/C52H41N3O/c1-35(46-18-11-19-49-50(46)47-34-45(32-33-48(47)56-49)42-26-24-39(25-27-42)37-14-7-3-8-15-37)54-52(44-16-9-4-10-17-44)55-51(53)43-30-28-41(29-31-43)40-22-20-38(21-23-40)36-12-5-2-6-13-36/h2-33,35,45H,34H2,1H3,(H2,53,54,55). The summed E-state index contributed by atoms with van der Waals surface area (Å²) in [4.78, 5) is 10.2. The topological polar surface area (TPSA) is 63.9 Å². The lowest BCUT2D eigenvalue weighted by Crippen LogP contribution is -2.16. The fourth-order valence-electron chi connectivity index (χ4n) is 7.72. The molecule has 0 saturated heterocycles. The fourth-order valence-corrected chi connectivity index (χ4v) is 7.72. The van der Waals surface area contributed by atoms with Crippen LogP contribution in [0.4, 0.5) is 0 Å². The molecule has 0 bridgehead atoms. The minimum absolute atomic E-state index is 0.220. The maximum Gasteiger partial charge on any atom is 0.157 e. The second kappa shape index (κ2) is 15.4. The summed E-state index contributed by atoms with van der Waals surface area (Å²) in [6.07, 6.45) is 5.25. The Morgan fingerprint density at radius 3 is 1.68 bits per heavy atom. The predicted octanol–water partition coefficient (Wildman–Crippen LogP) is 12.7. The third-order valence-corrected chi connectivity index (χ3v) is 10.8. The van der Waals surface area contributed by atoms with E-state index in [0.717, 1.165) is 51.0 Å². The lowest BCUT2D eigenvalue weighted by atomic mass is 9.85. The Morgan fingerprint density at radius 1 is 0.571 bits per heavy atom. The van der Waals surface area contributed by atoms with Gasteiger partial charge in [-0.3, -0.25) is 4.99 Å². The van der Waals surface area contributed by atoms with Gasteiger partial charge in [-0.2, -0.15) is 0 Å². The van der Waals surface area contributed by atoms with Gasteiger partial charge >= 0.3 is 0 Å². The molecule has 9 rings (SSSR count). The molecule has 4 heteroatoms. The van der Waals surface area contributed by atoms with Crippen LogP contribution in [0.5, 0.6) is 0 Å². The van der Waals surface area contributed by atoms with Crippen LogP contribution in [-0.2, 0) is 6.42 Å². The first-order valence-corrected chi connectivity index (χ1v) is 19.2. The smallest absolute Gasteiger partial charge is 0.157 e. The number of nitrogens with zero attached hydrogens (tertiary/aromatic N) is 2. The molecular weight excluding hydrogens is 683 g/mol. The van der Waals surface area contributed by atoms with Crippen molar-refractivity contribution in [2.24, 2.45) is 15.7 Å². The van der Waals surface area contributed by atoms with Crippen LogP contribution in [0.3, 0.4) is 0 Å². The summed E-state index contributed by atoms with van der Waals surface area (Å²) in [5, 5.41) is 1.13. The van der Waals surface area contributed by atoms with Crippen molar-refractivity contribution >= 4 is 28.7 Å². The van der Waals surface area contributed by atoms with Crippen molar-refractivity contribution in [3.8, 4) is 33.4 Å². The summed E-state index contributed by atoms with van der Waals surface area (Å²) in [5.74, 6) is 2.16. The number of benzene rings is 7. The number of hydrogen-bond donors (Lipinski definition) is 1. The Bertz CT molecular complexity index is 2690. The van der Waals surface area contributed by atoms with Gasteiger partial charge in [0.05, 0.1) is 6.04 Å². The molecule has 2 N–H and O–H groups in total. The molecule has 4 nitrogen and oxygen atoms in total. The molecule has 2 atom stereocenters. The molecular formula is C52H41N3O. The molecule has 1 heterocycles. The van der Waals surface area contributed by atoms with Crippen molar-refractivity contribution in [2.45, 2.75) is 25.3 Å². The van der Waals surface area contributed by atoms with Gasteiger partial charge in [-0.05, 0) is 70.0 Å². The molecule has 0 saturated carbocycles. The SMILES string of the molecule is CC(N=C(N=C(N)c1ccc(-c2ccc(-c3ccccc3)cc2)cc1)c1ccccc1)c1cccc2oc3c(c12)CC(c1ccc(-c2ccccc2)cc1)C=C3. The van der Waals surface area contributed by atoms with Gasteiger partial charge in [0.2, 0.25) is 0 Å². The highest BCUT2D eigenvalue weighted by Gasteiger charge is 2.25. The first kappa shape index (κ1) is 34.7. The third-order valence-electron chi connectivity index (χ3n) is 10.8. The summed E-state index contributed by atoms with van der Waals surface area (Å²) in [6.45, 7) is 2.12. The zero-order valence-corrected chi connectivity index (χ0v) is 31.2. The van der Waals surface area contributed by atoms with Crippen molar-refractivity contribution in [2.75, 3.05) is 0 Å². The second-order valence-corrected chi connectivity index (χ2v) is 14.3. The second-order valence-electron chi connectivity index (χ2n) is 14.3. The molecule has 0 spiro atoms. The van der Waals surface area contributed by atoms with Gasteiger partial charge in [0.25, 0.3) is 0 Å². The lowest BCUT2D eigenvalue weighted by molar-refractivity contribution is 0.591. The normalized spacial score (nSPS) is 14.8. The average Bonchev–Trinajstić information content (AvgIpc) is 3.65. The van der Waals surface area contributed by atoms with E-state index >= 15 is 0 Å². The van der Waals surface area contributed by atoms with Crippen molar-refractivity contribution in [1.29, 1.82) is 0 Å². The molecule has 1 aromatic heterocycles. The Balaban J connectivity index is 0.996. The van der Waals surface area contributed by atoms with E-state index in [-0.39, 0.29) is 12.0 Å². The molecule has 270 valence electrons. The Morgan fingerprint density at radius 2 is 1.09 bits per heavy atom. The number of furan rings is 1. The van der Waals surface area contributed by atoms with Crippen LogP contribution in [-0.4, -0.2) is 11.7 Å². The van der Waals surface area contributed by atoms with Gasteiger partial charge in [-0.25, -0.2) is 4.99 Å². The number of hydrogen-bond acceptors (Lipinski definition) is 2. The average molecular weight is 724 g/mol. The maximum absolute atomic E-state index is 6.75. The zero-order chi connectivity index (χ0) is 37.8. The molecule has 0 aliphatic heterocycles. The zero-order valence-electron chi connectivity index (χ0n) is 31.2. The quantitative estimate of drug-likeness (QED) is 0.125. The lowest BCUT2D eigenvalue weighted by Gasteiger charge is -2.19. The van der Waals surface area contributed by atoms with E-state index in [4.69, 9.17) is 20.1 Å². The van der Waals surface area contributed by atoms with Crippen molar-refractivity contribution in [3.63, 3.8) is 0 Å². The molecule has 0 amide bonds. The van der Waals surface area contributed by atoms with Gasteiger partial charge in [-0.15, -0.1) is 0 Å². The van der Waals surface area contributed by atoms with Gasteiger partial charge in [-0.1, -0.05) is 182 Å². The first-order chi connectivity index (χ1) is 27.6. The Kier molecular flexibility index (Phi) is 9.53. The van der Waals surface area contributed by atoms with Crippen LogP contribution >= 0.6 is 0 Å². The molecule has 1 aliphatic rings. The molecule has 2 unspecified atom stereocenters. The number of allylic oxidation sites excluding steroid dienone is 1. The fraction of sp³-hybridized carbons (Fsp3) is 0.0769. The van der Waals surface area contributed by atoms with Crippen molar-refractivity contribution in [3.05, 3.63) is 222 Å². The number of fused-ring (bicyclic) bond motifs is 3. The molecule has 0 radical (unpaired) electrons. The van der Waals surface area contributed by atoms with Crippen LogP contribution in [0.25, 0.3) is 50.4 Å². The van der Waals surface area contributed by atoms with Crippen molar-refractivity contribution < 1.29 is 4.42 Å². The minimum Gasteiger partial charge on any atom is -0.456 e. The number of nitrogens with two attached hydrogens (primary N) is 1. The molecule has 8 aromatic rings. The van der Waals surface area contributed by atoms with Gasteiger partial charge in [0.15, 0.2) is 5.84 Å². The minimum atomic E-state index is -0.220. The summed E-state index contributed by atoms with van der Waals surface area (Å²) in [7, 11) is 0. The third kappa shape index (κ3) is 7.13. The Labute approximate surface area is 328 Å². The van der Waals surface area contributed by atoms with Crippen LogP contribution < -0.4 is 5.73 Å². The van der Waals surface area contributed by atoms with Crippen LogP contribution in [0.2, 0.25) is 0 Å². The highest BCUT2D eigenvalue weighted by Crippen LogP contribution is 2.40. The summed E-state index contributed by atoms with van der Waals surface area (Å²) >= 11 is 0. The van der Waals surface area contributed by atoms with E-state index < -0.39 is 0 Å². The highest BCUT2D eigenvalue weighted by atomic mass is 16.3. The van der Waals surface area contributed by atoms with Gasteiger partial charge < -0.3 is 10.2 Å². The predicted molar refractivity (Wildman–Crippen MR) is 233 cm³/mol. The largest absolute Gasteiger partial charge is 0.456 e. The van der Waals surface area contributed by atoms with E-state index in [1.807, 2.05) is 48.5 Å². The molecule has 1 aliphatic carbocycles. The van der Waals surface area contributed by atoms with E-state index in [1.165, 1.54) is 33.4 Å². The first-order valence-electron chi connectivity index (χ1n) is 19.2. The van der Waals surface area contributed by atoms with Gasteiger partial charge in [0, 0.05) is 28.0 Å².